The van der Waals surface area contributed by atoms with Crippen molar-refractivity contribution in [2.75, 3.05) is 6.61 Å². The summed E-state index contributed by atoms with van der Waals surface area (Å²) in [7, 11) is 0. The summed E-state index contributed by atoms with van der Waals surface area (Å²) in [6.07, 6.45) is 8.28. The fourth-order valence-corrected chi connectivity index (χ4v) is 3.88. The molecule has 1 aromatic carbocycles. The van der Waals surface area contributed by atoms with Crippen LogP contribution in [0.2, 0.25) is 0 Å². The molecule has 1 heteroatoms. The van der Waals surface area contributed by atoms with Gasteiger partial charge in [-0.1, -0.05) is 26.0 Å². The quantitative estimate of drug-likeness (QED) is 0.709. The van der Waals surface area contributed by atoms with Crippen LogP contribution >= 0.6 is 0 Å². The molecule has 0 radical (unpaired) electrons. The second-order valence-corrected chi connectivity index (χ2v) is 6.81. The Hall–Kier alpha value is -0.980. The monoisotopic (exact) mass is 258 g/mol. The normalized spacial score (nSPS) is 30.5. The van der Waals surface area contributed by atoms with Gasteiger partial charge in [-0.05, 0) is 68.1 Å². The van der Waals surface area contributed by atoms with Gasteiger partial charge in [0.2, 0.25) is 0 Å². The highest BCUT2D eigenvalue weighted by atomic mass is 16.5. The second-order valence-electron chi connectivity index (χ2n) is 6.81. The van der Waals surface area contributed by atoms with E-state index in [2.05, 4.69) is 38.1 Å². The van der Waals surface area contributed by atoms with Crippen LogP contribution in [0.25, 0.3) is 0 Å². The Morgan fingerprint density at radius 3 is 2.42 bits per heavy atom. The van der Waals surface area contributed by atoms with E-state index in [0.29, 0.717) is 11.3 Å². The summed E-state index contributed by atoms with van der Waals surface area (Å²) >= 11 is 0. The van der Waals surface area contributed by atoms with E-state index in [1.807, 2.05) is 0 Å². The van der Waals surface area contributed by atoms with E-state index in [1.165, 1.54) is 44.1 Å². The van der Waals surface area contributed by atoms with Crippen molar-refractivity contribution in [1.82, 2.24) is 0 Å². The SMILES string of the molecule is CCC(C)c1ccc(OCC23CCC(CC2)C3)cc1. The minimum absolute atomic E-state index is 0.528. The largest absolute Gasteiger partial charge is 0.493 e. The highest BCUT2D eigenvalue weighted by Gasteiger charge is 2.45. The number of fused-ring (bicyclic) bond motifs is 2. The first-order valence-corrected chi connectivity index (χ1v) is 7.93. The molecular formula is C18H26O. The van der Waals surface area contributed by atoms with Crippen molar-refractivity contribution in [2.45, 2.75) is 58.3 Å². The predicted molar refractivity (Wildman–Crippen MR) is 79.7 cm³/mol. The number of hydrogen-bond donors (Lipinski definition) is 0. The fraction of sp³-hybridized carbons (Fsp3) is 0.667. The summed E-state index contributed by atoms with van der Waals surface area (Å²) in [6, 6.07) is 8.76. The fourth-order valence-electron chi connectivity index (χ4n) is 3.88. The molecule has 2 fully saturated rings. The summed E-state index contributed by atoms with van der Waals surface area (Å²) in [5.41, 5.74) is 1.95. The lowest BCUT2D eigenvalue weighted by Gasteiger charge is -2.26. The molecule has 1 atom stereocenters. The van der Waals surface area contributed by atoms with Gasteiger partial charge in [0.15, 0.2) is 0 Å². The van der Waals surface area contributed by atoms with Crippen molar-refractivity contribution < 1.29 is 4.74 Å². The first-order valence-electron chi connectivity index (χ1n) is 7.93. The van der Waals surface area contributed by atoms with Crippen molar-refractivity contribution in [3.63, 3.8) is 0 Å². The van der Waals surface area contributed by atoms with Crippen molar-refractivity contribution in [1.29, 1.82) is 0 Å². The molecule has 19 heavy (non-hydrogen) atoms. The molecule has 0 aliphatic heterocycles. The first-order chi connectivity index (χ1) is 9.21. The maximum absolute atomic E-state index is 6.08. The Morgan fingerprint density at radius 2 is 1.89 bits per heavy atom. The molecule has 2 bridgehead atoms. The molecule has 0 saturated heterocycles. The third kappa shape index (κ3) is 2.66. The van der Waals surface area contributed by atoms with E-state index in [9.17, 15) is 0 Å². The van der Waals surface area contributed by atoms with Crippen molar-refractivity contribution in [3.05, 3.63) is 29.8 Å². The second kappa shape index (κ2) is 5.19. The van der Waals surface area contributed by atoms with Crippen LogP contribution in [-0.2, 0) is 0 Å². The van der Waals surface area contributed by atoms with Gasteiger partial charge in [-0.25, -0.2) is 0 Å². The summed E-state index contributed by atoms with van der Waals surface area (Å²) in [5, 5.41) is 0. The molecule has 2 saturated carbocycles. The Morgan fingerprint density at radius 1 is 1.21 bits per heavy atom. The van der Waals surface area contributed by atoms with Crippen LogP contribution in [0.3, 0.4) is 0 Å². The van der Waals surface area contributed by atoms with Crippen molar-refractivity contribution in [2.24, 2.45) is 11.3 Å². The van der Waals surface area contributed by atoms with Crippen LogP contribution in [0.15, 0.2) is 24.3 Å². The average molecular weight is 258 g/mol. The van der Waals surface area contributed by atoms with Crippen molar-refractivity contribution in [3.8, 4) is 5.75 Å². The lowest BCUT2D eigenvalue weighted by atomic mass is 9.85. The number of rotatable bonds is 5. The molecule has 0 N–H and O–H groups in total. The van der Waals surface area contributed by atoms with Gasteiger partial charge in [-0.3, -0.25) is 0 Å². The zero-order chi connectivity index (χ0) is 13.3. The minimum atomic E-state index is 0.528. The van der Waals surface area contributed by atoms with E-state index < -0.39 is 0 Å². The Bertz CT molecular complexity index is 412. The van der Waals surface area contributed by atoms with Gasteiger partial charge in [-0.15, -0.1) is 0 Å². The van der Waals surface area contributed by atoms with Gasteiger partial charge < -0.3 is 4.74 Å². The standard InChI is InChI=1S/C18H26O/c1-3-14(2)16-4-6-17(7-5-16)19-13-18-10-8-15(12-18)9-11-18/h4-7,14-15H,3,8-13H2,1-2H3. The van der Waals surface area contributed by atoms with E-state index in [-0.39, 0.29) is 0 Å². The molecule has 0 amide bonds. The van der Waals surface area contributed by atoms with Gasteiger partial charge in [0, 0.05) is 5.41 Å². The molecule has 104 valence electrons. The summed E-state index contributed by atoms with van der Waals surface area (Å²) in [4.78, 5) is 0. The van der Waals surface area contributed by atoms with Crippen LogP contribution in [0, 0.1) is 11.3 Å². The minimum Gasteiger partial charge on any atom is -0.493 e. The smallest absolute Gasteiger partial charge is 0.119 e. The number of ether oxygens (including phenoxy) is 1. The molecule has 0 spiro atoms. The van der Waals surface area contributed by atoms with Crippen LogP contribution in [0.5, 0.6) is 5.75 Å². The van der Waals surface area contributed by atoms with E-state index in [4.69, 9.17) is 4.74 Å². The van der Waals surface area contributed by atoms with Crippen molar-refractivity contribution >= 4 is 0 Å². The molecule has 1 aromatic rings. The molecule has 0 heterocycles. The summed E-state index contributed by atoms with van der Waals surface area (Å²) in [6.45, 7) is 5.46. The molecule has 1 nitrogen and oxygen atoms in total. The lowest BCUT2D eigenvalue weighted by molar-refractivity contribution is 0.152. The number of benzene rings is 1. The summed E-state index contributed by atoms with van der Waals surface area (Å²) < 4.78 is 6.08. The molecule has 1 unspecified atom stereocenters. The average Bonchev–Trinajstić information content (AvgIpc) is 3.06. The number of hydrogen-bond acceptors (Lipinski definition) is 1. The Balaban J connectivity index is 1.58. The van der Waals surface area contributed by atoms with Gasteiger partial charge in [0.05, 0.1) is 6.61 Å². The maximum Gasteiger partial charge on any atom is 0.119 e. The van der Waals surface area contributed by atoms with Crippen LogP contribution in [-0.4, -0.2) is 6.61 Å². The molecule has 3 rings (SSSR count). The highest BCUT2D eigenvalue weighted by molar-refractivity contribution is 5.29. The maximum atomic E-state index is 6.08. The molecule has 2 aliphatic carbocycles. The molecule has 2 aliphatic rings. The van der Waals surface area contributed by atoms with E-state index in [1.54, 1.807) is 0 Å². The molecular weight excluding hydrogens is 232 g/mol. The predicted octanol–water partition coefficient (Wildman–Crippen LogP) is 5.16. The lowest BCUT2D eigenvalue weighted by Crippen LogP contribution is -2.23. The van der Waals surface area contributed by atoms with Crippen LogP contribution in [0.4, 0.5) is 0 Å². The zero-order valence-corrected chi connectivity index (χ0v) is 12.3. The third-order valence-electron chi connectivity index (χ3n) is 5.49. The highest BCUT2D eigenvalue weighted by Crippen LogP contribution is 2.54. The Labute approximate surface area is 117 Å². The Kier molecular flexibility index (Phi) is 3.56. The van der Waals surface area contributed by atoms with E-state index in [0.717, 1.165) is 18.3 Å². The van der Waals surface area contributed by atoms with Gasteiger partial charge in [0.25, 0.3) is 0 Å². The van der Waals surface area contributed by atoms with Crippen LogP contribution < -0.4 is 4.74 Å². The zero-order valence-electron chi connectivity index (χ0n) is 12.3. The topological polar surface area (TPSA) is 9.23 Å². The van der Waals surface area contributed by atoms with Gasteiger partial charge in [-0.2, -0.15) is 0 Å². The van der Waals surface area contributed by atoms with Gasteiger partial charge in [0.1, 0.15) is 5.75 Å². The summed E-state index contributed by atoms with van der Waals surface area (Å²) in [5.74, 6) is 2.71. The molecule has 0 aromatic heterocycles. The first kappa shape index (κ1) is 13.0. The van der Waals surface area contributed by atoms with Crippen LogP contribution in [0.1, 0.15) is 63.9 Å². The van der Waals surface area contributed by atoms with E-state index >= 15 is 0 Å². The van der Waals surface area contributed by atoms with Gasteiger partial charge >= 0.3 is 0 Å². The third-order valence-corrected chi connectivity index (χ3v) is 5.49.